The van der Waals surface area contributed by atoms with Crippen molar-refractivity contribution >= 4 is 51.4 Å². The number of amides is 2. The molecule has 7 N–H and O–H groups in total. The summed E-state index contributed by atoms with van der Waals surface area (Å²) in [6, 6.07) is 12.7. The molecule has 2 aromatic rings. The molecule has 0 aromatic heterocycles. The predicted molar refractivity (Wildman–Crippen MR) is 144 cm³/mol. The highest BCUT2D eigenvalue weighted by atomic mass is 79.9. The zero-order chi connectivity index (χ0) is 31.4. The van der Waals surface area contributed by atoms with E-state index in [1.54, 1.807) is 48.5 Å². The second kappa shape index (κ2) is 15.4. The van der Waals surface area contributed by atoms with Crippen molar-refractivity contribution in [3.63, 3.8) is 0 Å². The Morgan fingerprint density at radius 2 is 1.71 bits per heavy atom. The number of aliphatic carboxylic acids is 2. The van der Waals surface area contributed by atoms with E-state index in [1.807, 2.05) is 0 Å². The van der Waals surface area contributed by atoms with Crippen molar-refractivity contribution in [2.24, 2.45) is 10.9 Å². The molecule has 1 aliphatic heterocycles. The molecule has 0 saturated carbocycles. The first-order chi connectivity index (χ1) is 19.6. The summed E-state index contributed by atoms with van der Waals surface area (Å²) in [5.74, 6) is -4.56. The van der Waals surface area contributed by atoms with Crippen LogP contribution in [0.1, 0.15) is 29.5 Å². The molecule has 0 fully saturated rings. The number of alkyl halides is 3. The zero-order valence-electron chi connectivity index (χ0n) is 21.5. The van der Waals surface area contributed by atoms with Crippen molar-refractivity contribution in [1.29, 1.82) is 5.41 Å². The number of nitrogen functional groups attached to an aromatic ring is 1. The number of carbonyl (C=O) groups excluding carboxylic acids is 2. The summed E-state index contributed by atoms with van der Waals surface area (Å²) in [7, 11) is 0. The van der Waals surface area contributed by atoms with Gasteiger partial charge in [-0.15, -0.1) is 0 Å². The van der Waals surface area contributed by atoms with Crippen molar-refractivity contribution in [1.82, 2.24) is 10.6 Å². The number of alkyl carbamates (subject to hydrolysis) is 1. The van der Waals surface area contributed by atoms with Crippen molar-refractivity contribution in [3.05, 3.63) is 69.7 Å². The maximum atomic E-state index is 12.3. The highest BCUT2D eigenvalue weighted by Gasteiger charge is 2.38. The molecule has 2 aromatic carbocycles. The molecule has 2 atom stereocenters. The zero-order valence-corrected chi connectivity index (χ0v) is 23.1. The molecule has 0 bridgehead atoms. The molecule has 226 valence electrons. The van der Waals surface area contributed by atoms with E-state index >= 15 is 0 Å². The number of carboxylic acid groups (broad SMARTS) is 2. The van der Waals surface area contributed by atoms with Gasteiger partial charge in [0.2, 0.25) is 5.91 Å². The second-order valence-corrected chi connectivity index (χ2v) is 9.43. The number of ether oxygens (including phenoxy) is 1. The Balaban J connectivity index is 0.000000782. The van der Waals surface area contributed by atoms with E-state index in [0.29, 0.717) is 17.7 Å². The Bertz CT molecular complexity index is 1320. The second-order valence-electron chi connectivity index (χ2n) is 8.51. The summed E-state index contributed by atoms with van der Waals surface area (Å²) in [6.45, 7) is -0.356. The number of oxime groups is 1. The first-order valence-corrected chi connectivity index (χ1v) is 12.6. The molecule has 1 unspecified atom stereocenters. The van der Waals surface area contributed by atoms with Crippen molar-refractivity contribution in [3.8, 4) is 0 Å². The Morgan fingerprint density at radius 3 is 2.24 bits per heavy atom. The van der Waals surface area contributed by atoms with Gasteiger partial charge in [-0.05, 0) is 23.3 Å². The number of nitrogens with zero attached hydrogens (tertiary/aromatic N) is 1. The smallest absolute Gasteiger partial charge is 0.480 e. The van der Waals surface area contributed by atoms with Crippen LogP contribution >= 0.6 is 15.9 Å². The van der Waals surface area contributed by atoms with E-state index < -0.39 is 42.3 Å². The van der Waals surface area contributed by atoms with Gasteiger partial charge in [-0.1, -0.05) is 57.5 Å². The van der Waals surface area contributed by atoms with Gasteiger partial charge < -0.3 is 36.2 Å². The Kier molecular flexibility index (Phi) is 12.3. The lowest BCUT2D eigenvalue weighted by Crippen LogP contribution is -2.48. The minimum atomic E-state index is -5.08. The Labute approximate surface area is 244 Å². The highest BCUT2D eigenvalue weighted by molar-refractivity contribution is 9.10. The summed E-state index contributed by atoms with van der Waals surface area (Å²) in [6.07, 6.45) is -6.17. The van der Waals surface area contributed by atoms with Gasteiger partial charge in [0, 0.05) is 23.0 Å². The number of nitrogens with one attached hydrogen (secondary N) is 3. The van der Waals surface area contributed by atoms with E-state index in [9.17, 15) is 32.7 Å². The molecule has 42 heavy (non-hydrogen) atoms. The van der Waals surface area contributed by atoms with Crippen LogP contribution in [-0.2, 0) is 30.6 Å². The number of halogens is 4. The third kappa shape index (κ3) is 11.4. The summed E-state index contributed by atoms with van der Waals surface area (Å²) >= 11 is 3.31. The molecule has 1 heterocycles. The largest absolute Gasteiger partial charge is 0.490 e. The number of rotatable bonds is 10. The molecular formula is C25H25BrF3N5O8. The van der Waals surface area contributed by atoms with Crippen LogP contribution in [0.15, 0.2) is 58.2 Å². The molecule has 17 heteroatoms. The van der Waals surface area contributed by atoms with Crippen LogP contribution in [0.3, 0.4) is 0 Å². The molecule has 13 nitrogen and oxygen atoms in total. The number of nitrogens with two attached hydrogens (primary N) is 1. The molecule has 3 rings (SSSR count). The fourth-order valence-corrected chi connectivity index (χ4v) is 3.42. The third-order valence-corrected chi connectivity index (χ3v) is 5.82. The van der Waals surface area contributed by atoms with Crippen LogP contribution in [0.4, 0.5) is 18.0 Å². The molecule has 1 aliphatic rings. The van der Waals surface area contributed by atoms with Gasteiger partial charge in [-0.25, -0.2) is 14.4 Å². The molecule has 2 amide bonds. The third-order valence-electron chi connectivity index (χ3n) is 5.29. The summed E-state index contributed by atoms with van der Waals surface area (Å²) in [4.78, 5) is 50.0. The number of benzene rings is 2. The van der Waals surface area contributed by atoms with Gasteiger partial charge in [0.15, 0.2) is 0 Å². The minimum absolute atomic E-state index is 0.0311. The molecular weight excluding hydrogens is 635 g/mol. The van der Waals surface area contributed by atoms with E-state index in [2.05, 4.69) is 31.7 Å². The minimum Gasteiger partial charge on any atom is -0.480 e. The predicted octanol–water partition coefficient (Wildman–Crippen LogP) is 2.75. The Hall–Kier alpha value is -4.67. The molecule has 0 radical (unpaired) electrons. The number of carboxylic acids is 2. The molecule has 0 aliphatic carbocycles. The van der Waals surface area contributed by atoms with Gasteiger partial charge in [0.1, 0.15) is 24.6 Å². The average Bonchev–Trinajstić information content (AvgIpc) is 3.38. The normalized spacial score (nSPS) is 14.7. The van der Waals surface area contributed by atoms with Crippen LogP contribution in [0, 0.1) is 5.41 Å². The van der Waals surface area contributed by atoms with Gasteiger partial charge in [-0.2, -0.15) is 13.2 Å². The van der Waals surface area contributed by atoms with E-state index in [0.717, 1.165) is 15.6 Å². The highest BCUT2D eigenvalue weighted by Crippen LogP contribution is 2.19. The lowest BCUT2D eigenvalue weighted by molar-refractivity contribution is -0.192. The first kappa shape index (κ1) is 33.5. The summed E-state index contributed by atoms with van der Waals surface area (Å²) in [5.41, 5.74) is 8.20. The summed E-state index contributed by atoms with van der Waals surface area (Å²) in [5, 5.41) is 32.6. The number of hydrogen-bond acceptors (Lipinski definition) is 8. The van der Waals surface area contributed by atoms with Crippen molar-refractivity contribution in [2.45, 2.75) is 37.8 Å². The quantitative estimate of drug-likeness (QED) is 0.163. The van der Waals surface area contributed by atoms with Gasteiger partial charge in [0.25, 0.3) is 0 Å². The van der Waals surface area contributed by atoms with E-state index in [1.165, 1.54) is 0 Å². The van der Waals surface area contributed by atoms with Crippen molar-refractivity contribution in [2.75, 3.05) is 6.54 Å². The average molecular weight is 660 g/mol. The maximum Gasteiger partial charge on any atom is 0.490 e. The maximum absolute atomic E-state index is 12.3. The van der Waals surface area contributed by atoms with Crippen LogP contribution in [-0.4, -0.2) is 70.6 Å². The number of amidine groups is 1. The topological polar surface area (TPSA) is 213 Å². The lowest BCUT2D eigenvalue weighted by Gasteiger charge is -2.16. The fraction of sp³-hybridized carbons (Fsp3) is 0.280. The van der Waals surface area contributed by atoms with Crippen LogP contribution in [0.5, 0.6) is 0 Å². The van der Waals surface area contributed by atoms with Gasteiger partial charge in [0.05, 0.1) is 12.1 Å². The van der Waals surface area contributed by atoms with Gasteiger partial charge >= 0.3 is 24.2 Å². The standard InChI is InChI=1S/C23H24BrN5O6.C2HF3O2/c24-16-7-1-13(2-8-16)12-34-23(33)28-19(22(31)32)11-27-20(30)10-17-9-18(29-35-17)14-3-5-15(6-4-14)21(25)26;3-2(4,5)1(6)7/h1-8,17,19H,9-12H2,(H3,25,26)(H,27,30)(H,28,33)(H,31,32);(H,6,7)/t17?,19-;/m0./s1. The van der Waals surface area contributed by atoms with Crippen LogP contribution < -0.4 is 16.4 Å². The van der Waals surface area contributed by atoms with Gasteiger partial charge in [-0.3, -0.25) is 10.2 Å². The molecule has 0 saturated heterocycles. The van der Waals surface area contributed by atoms with E-state index in [4.69, 9.17) is 30.6 Å². The Morgan fingerprint density at radius 1 is 1.12 bits per heavy atom. The fourth-order valence-electron chi connectivity index (χ4n) is 3.16. The summed E-state index contributed by atoms with van der Waals surface area (Å²) < 4.78 is 37.7. The molecule has 0 spiro atoms. The van der Waals surface area contributed by atoms with Crippen LogP contribution in [0.2, 0.25) is 0 Å². The van der Waals surface area contributed by atoms with Crippen molar-refractivity contribution < 1.29 is 52.1 Å². The number of hydrogen-bond donors (Lipinski definition) is 6. The number of carbonyl (C=O) groups is 4. The lowest BCUT2D eigenvalue weighted by atomic mass is 10.0. The SMILES string of the molecule is N=C(N)c1ccc(C2=NOC(CC(=O)NC[C@H](NC(=O)OCc3ccc(Br)cc3)C(=O)O)C2)cc1.O=C(O)C(F)(F)F. The monoisotopic (exact) mass is 659 g/mol. The van der Waals surface area contributed by atoms with E-state index in [-0.39, 0.29) is 25.4 Å². The van der Waals surface area contributed by atoms with Crippen LogP contribution in [0.25, 0.3) is 0 Å². The first-order valence-electron chi connectivity index (χ1n) is 11.8.